The Balaban J connectivity index is 3.43. The molecule has 15 heavy (non-hydrogen) atoms. The Kier molecular flexibility index (Phi) is 3.29. The molecule has 1 aromatic carbocycles. The quantitative estimate of drug-likeness (QED) is 0.570. The number of hydrogen-bond acceptors (Lipinski definition) is 2. The van der Waals surface area contributed by atoms with Gasteiger partial charge in [0, 0.05) is 16.7 Å². The van der Waals surface area contributed by atoms with Crippen LogP contribution in [0.1, 0.15) is 45.2 Å². The van der Waals surface area contributed by atoms with Crippen LogP contribution < -0.4 is 0 Å². The summed E-state index contributed by atoms with van der Waals surface area (Å²) in [6, 6.07) is 2.40. The maximum atomic E-state index is 12.5. The molecule has 0 aliphatic rings. The second-order valence-electron chi connectivity index (χ2n) is 3.27. The van der Waals surface area contributed by atoms with Crippen molar-refractivity contribution in [2.24, 2.45) is 0 Å². The Morgan fingerprint density at radius 3 is 2.40 bits per heavy atom. The van der Waals surface area contributed by atoms with Crippen molar-refractivity contribution >= 4 is 12.1 Å². The molecule has 0 saturated heterocycles. The Bertz CT molecular complexity index is 411. The lowest BCUT2D eigenvalue weighted by atomic mass is 9.98. The number of carbonyl (C=O) groups is 2. The van der Waals surface area contributed by atoms with E-state index in [9.17, 15) is 18.4 Å². The first-order chi connectivity index (χ1) is 6.97. The molecule has 0 atom stereocenters. The third-order valence-corrected chi connectivity index (χ3v) is 2.17. The average molecular weight is 212 g/mol. The lowest BCUT2D eigenvalue weighted by Gasteiger charge is -2.08. The largest absolute Gasteiger partial charge is 0.298 e. The minimum absolute atomic E-state index is 0.0625. The van der Waals surface area contributed by atoms with E-state index >= 15 is 0 Å². The van der Waals surface area contributed by atoms with E-state index in [2.05, 4.69) is 0 Å². The van der Waals surface area contributed by atoms with Crippen LogP contribution in [0.5, 0.6) is 0 Å². The van der Waals surface area contributed by atoms with E-state index in [-0.39, 0.29) is 22.5 Å². The molecule has 2 nitrogen and oxygen atoms in total. The van der Waals surface area contributed by atoms with Gasteiger partial charge in [0.15, 0.2) is 12.1 Å². The number of rotatable bonds is 3. The highest BCUT2D eigenvalue weighted by Crippen LogP contribution is 2.25. The van der Waals surface area contributed by atoms with Crippen molar-refractivity contribution in [1.29, 1.82) is 0 Å². The molecular weight excluding hydrogens is 202 g/mol. The number of hydrogen-bond donors (Lipinski definition) is 0. The standard InChI is InChI=1S/C11H10F2O2/c1-6-3-8(5-14)10(11(12)13)4-9(6)7(2)15/h3-5,11H,1-2H3. The number of benzene rings is 1. The van der Waals surface area contributed by atoms with E-state index in [1.807, 2.05) is 0 Å². The summed E-state index contributed by atoms with van der Waals surface area (Å²) in [5, 5.41) is 0. The maximum absolute atomic E-state index is 12.5. The fourth-order valence-electron chi connectivity index (χ4n) is 1.42. The summed E-state index contributed by atoms with van der Waals surface area (Å²) in [6.45, 7) is 2.91. The summed E-state index contributed by atoms with van der Waals surface area (Å²) in [7, 11) is 0. The zero-order valence-electron chi connectivity index (χ0n) is 8.38. The molecule has 80 valence electrons. The molecule has 0 unspecified atom stereocenters. The Hall–Kier alpha value is -1.58. The lowest BCUT2D eigenvalue weighted by Crippen LogP contribution is -2.02. The van der Waals surface area contributed by atoms with Gasteiger partial charge in [0.1, 0.15) is 0 Å². The predicted octanol–water partition coefficient (Wildman–Crippen LogP) is 2.95. The molecule has 0 N–H and O–H groups in total. The van der Waals surface area contributed by atoms with Gasteiger partial charge in [-0.25, -0.2) is 8.78 Å². The van der Waals surface area contributed by atoms with Crippen molar-refractivity contribution in [3.63, 3.8) is 0 Å². The highest BCUT2D eigenvalue weighted by molar-refractivity contribution is 5.96. The molecule has 0 aliphatic heterocycles. The molecule has 1 aromatic rings. The van der Waals surface area contributed by atoms with E-state index in [4.69, 9.17) is 0 Å². The lowest BCUT2D eigenvalue weighted by molar-refractivity contribution is 0.101. The third kappa shape index (κ3) is 2.26. The third-order valence-electron chi connectivity index (χ3n) is 2.17. The molecule has 0 fully saturated rings. The van der Waals surface area contributed by atoms with Crippen LogP contribution in [-0.2, 0) is 0 Å². The number of halogens is 2. The van der Waals surface area contributed by atoms with Crippen LogP contribution in [0.25, 0.3) is 0 Å². The van der Waals surface area contributed by atoms with Crippen molar-refractivity contribution in [3.8, 4) is 0 Å². The summed E-state index contributed by atoms with van der Waals surface area (Å²) in [4.78, 5) is 21.7. The number of Topliss-reactive ketones (excluding diaryl/α,β-unsaturated/α-hetero) is 1. The van der Waals surface area contributed by atoms with E-state index in [0.29, 0.717) is 11.8 Å². The highest BCUT2D eigenvalue weighted by atomic mass is 19.3. The van der Waals surface area contributed by atoms with Crippen LogP contribution in [0.3, 0.4) is 0 Å². The highest BCUT2D eigenvalue weighted by Gasteiger charge is 2.16. The van der Waals surface area contributed by atoms with Gasteiger partial charge in [-0.3, -0.25) is 9.59 Å². The van der Waals surface area contributed by atoms with E-state index in [0.717, 1.165) is 6.07 Å². The Labute approximate surface area is 85.9 Å². The molecule has 0 radical (unpaired) electrons. The van der Waals surface area contributed by atoms with Gasteiger partial charge in [0.25, 0.3) is 6.43 Å². The van der Waals surface area contributed by atoms with Crippen molar-refractivity contribution in [2.75, 3.05) is 0 Å². The van der Waals surface area contributed by atoms with Gasteiger partial charge in [0.2, 0.25) is 0 Å². The summed E-state index contributed by atoms with van der Waals surface area (Å²) in [6.07, 6.45) is -2.37. The molecule has 0 aliphatic carbocycles. The molecule has 0 bridgehead atoms. The normalized spacial score (nSPS) is 10.5. The topological polar surface area (TPSA) is 34.1 Å². The molecule has 0 amide bonds. The first kappa shape index (κ1) is 11.5. The zero-order valence-corrected chi connectivity index (χ0v) is 8.38. The second kappa shape index (κ2) is 4.29. The number of aryl methyl sites for hydroxylation is 1. The molecule has 1 rings (SSSR count). The average Bonchev–Trinajstić information content (AvgIpc) is 2.16. The van der Waals surface area contributed by atoms with Crippen LogP contribution in [0.15, 0.2) is 12.1 Å². The first-order valence-corrected chi connectivity index (χ1v) is 4.36. The van der Waals surface area contributed by atoms with Gasteiger partial charge in [-0.05, 0) is 31.5 Å². The van der Waals surface area contributed by atoms with Gasteiger partial charge in [-0.15, -0.1) is 0 Å². The van der Waals surface area contributed by atoms with Crippen molar-refractivity contribution in [1.82, 2.24) is 0 Å². The van der Waals surface area contributed by atoms with Crippen molar-refractivity contribution < 1.29 is 18.4 Å². The monoisotopic (exact) mass is 212 g/mol. The zero-order chi connectivity index (χ0) is 11.6. The Morgan fingerprint density at radius 2 is 2.00 bits per heavy atom. The molecule has 0 saturated carbocycles. The van der Waals surface area contributed by atoms with Crippen LogP contribution in [0, 0.1) is 6.92 Å². The van der Waals surface area contributed by atoms with Crippen LogP contribution in [0.2, 0.25) is 0 Å². The van der Waals surface area contributed by atoms with E-state index in [1.54, 1.807) is 6.92 Å². The summed E-state index contributed by atoms with van der Waals surface area (Å²) >= 11 is 0. The van der Waals surface area contributed by atoms with Crippen molar-refractivity contribution in [2.45, 2.75) is 20.3 Å². The Morgan fingerprint density at radius 1 is 1.40 bits per heavy atom. The van der Waals surface area contributed by atoms with Crippen LogP contribution >= 0.6 is 0 Å². The number of ketones is 1. The molecule has 4 heteroatoms. The molecule has 0 spiro atoms. The second-order valence-corrected chi connectivity index (χ2v) is 3.27. The SMILES string of the molecule is CC(=O)c1cc(C(F)F)c(C=O)cc1C. The summed E-state index contributed by atoms with van der Waals surface area (Å²) in [5.41, 5.74) is 0.318. The fourth-order valence-corrected chi connectivity index (χ4v) is 1.42. The molecule has 0 heterocycles. The number of aldehydes is 1. The van der Waals surface area contributed by atoms with Gasteiger partial charge in [-0.2, -0.15) is 0 Å². The van der Waals surface area contributed by atoms with Gasteiger partial charge < -0.3 is 0 Å². The number of carbonyl (C=O) groups excluding carboxylic acids is 2. The summed E-state index contributed by atoms with van der Waals surface area (Å²) in [5.74, 6) is -0.285. The van der Waals surface area contributed by atoms with E-state index < -0.39 is 6.43 Å². The van der Waals surface area contributed by atoms with Crippen molar-refractivity contribution in [3.05, 3.63) is 34.4 Å². The molecule has 0 aromatic heterocycles. The minimum Gasteiger partial charge on any atom is -0.298 e. The molecular formula is C11H10F2O2. The van der Waals surface area contributed by atoms with E-state index in [1.165, 1.54) is 13.0 Å². The smallest absolute Gasteiger partial charge is 0.264 e. The maximum Gasteiger partial charge on any atom is 0.264 e. The first-order valence-electron chi connectivity index (χ1n) is 4.36. The minimum atomic E-state index is -2.75. The van der Waals surface area contributed by atoms with Crippen LogP contribution in [0.4, 0.5) is 8.78 Å². The van der Waals surface area contributed by atoms with Gasteiger partial charge in [0.05, 0.1) is 0 Å². The predicted molar refractivity (Wildman–Crippen MR) is 51.5 cm³/mol. The van der Waals surface area contributed by atoms with Gasteiger partial charge in [-0.1, -0.05) is 0 Å². The van der Waals surface area contributed by atoms with Crippen LogP contribution in [-0.4, -0.2) is 12.1 Å². The number of alkyl halides is 2. The fraction of sp³-hybridized carbons (Fsp3) is 0.273. The van der Waals surface area contributed by atoms with Gasteiger partial charge >= 0.3 is 0 Å². The summed E-state index contributed by atoms with van der Waals surface area (Å²) < 4.78 is 25.0.